The van der Waals surface area contributed by atoms with Gasteiger partial charge in [-0.15, -0.1) is 0 Å². The van der Waals surface area contributed by atoms with Gasteiger partial charge in [0.2, 0.25) is 0 Å². The van der Waals surface area contributed by atoms with Gasteiger partial charge >= 0.3 is 6.03 Å². The Balaban J connectivity index is 1.46. The van der Waals surface area contributed by atoms with Gasteiger partial charge in [0.25, 0.3) is 0 Å². The lowest BCUT2D eigenvalue weighted by Crippen LogP contribution is -2.32. The van der Waals surface area contributed by atoms with Crippen molar-refractivity contribution in [2.75, 3.05) is 23.7 Å². The molecule has 2 amide bonds. The molecule has 8 nitrogen and oxygen atoms in total. The number of anilines is 2. The summed E-state index contributed by atoms with van der Waals surface area (Å²) in [5.74, 6) is 2.02. The third kappa shape index (κ3) is 5.78. The predicted molar refractivity (Wildman–Crippen MR) is 115 cm³/mol. The first-order valence-electron chi connectivity index (χ1n) is 9.56. The Labute approximate surface area is 170 Å². The lowest BCUT2D eigenvalue weighted by molar-refractivity contribution is 0.252. The minimum absolute atomic E-state index is 0.0864. The number of nitrogens with one attached hydrogen (secondary N) is 3. The Bertz CT molecular complexity index is 944. The second kappa shape index (κ2) is 8.72. The zero-order valence-electron chi connectivity index (χ0n) is 17.2. The first-order valence-corrected chi connectivity index (χ1v) is 9.56. The highest BCUT2D eigenvalue weighted by Gasteiger charge is 2.13. The average molecular weight is 393 g/mol. The molecule has 0 fully saturated rings. The number of amides is 2. The zero-order valence-corrected chi connectivity index (χ0v) is 17.2. The molecule has 3 aromatic rings. The zero-order chi connectivity index (χ0) is 20.9. The van der Waals surface area contributed by atoms with Gasteiger partial charge in [0, 0.05) is 37.2 Å². The number of rotatable bonds is 6. The maximum Gasteiger partial charge on any atom is 0.319 e. The fourth-order valence-corrected chi connectivity index (χ4v) is 2.76. The molecule has 29 heavy (non-hydrogen) atoms. The molecule has 1 aromatic carbocycles. The van der Waals surface area contributed by atoms with E-state index in [-0.39, 0.29) is 11.4 Å². The number of urea groups is 1. The number of carbonyl (C=O) groups is 1. The molecule has 152 valence electrons. The molecule has 0 saturated heterocycles. The Kier molecular flexibility index (Phi) is 6.11. The highest BCUT2D eigenvalue weighted by Crippen LogP contribution is 2.23. The van der Waals surface area contributed by atoms with E-state index in [0.717, 1.165) is 5.69 Å². The molecule has 0 spiro atoms. The molecule has 2 aromatic heterocycles. The maximum atomic E-state index is 12.1. The van der Waals surface area contributed by atoms with Gasteiger partial charge in [0.1, 0.15) is 11.6 Å². The SMILES string of the molecule is Cc1nc(NCCNC(=O)Nc2ccc(C(C)(C)C)cc2)cc(-n2cccn2)n1. The summed E-state index contributed by atoms with van der Waals surface area (Å²) < 4.78 is 1.68. The Morgan fingerprint density at radius 3 is 2.52 bits per heavy atom. The lowest BCUT2D eigenvalue weighted by Gasteiger charge is -2.19. The van der Waals surface area contributed by atoms with Crippen molar-refractivity contribution in [3.63, 3.8) is 0 Å². The van der Waals surface area contributed by atoms with Gasteiger partial charge in [0.05, 0.1) is 0 Å². The molecule has 2 heterocycles. The van der Waals surface area contributed by atoms with Gasteiger partial charge in [-0.1, -0.05) is 32.9 Å². The summed E-state index contributed by atoms with van der Waals surface area (Å²) in [4.78, 5) is 20.8. The number of aromatic nitrogens is 4. The van der Waals surface area contributed by atoms with Crippen LogP contribution in [0.3, 0.4) is 0 Å². The van der Waals surface area contributed by atoms with E-state index in [1.54, 1.807) is 10.9 Å². The number of hydrogen-bond acceptors (Lipinski definition) is 5. The van der Waals surface area contributed by atoms with E-state index in [0.29, 0.717) is 30.5 Å². The second-order valence-electron chi connectivity index (χ2n) is 7.74. The normalized spacial score (nSPS) is 11.2. The van der Waals surface area contributed by atoms with E-state index in [4.69, 9.17) is 0 Å². The van der Waals surface area contributed by atoms with E-state index in [2.05, 4.69) is 51.8 Å². The van der Waals surface area contributed by atoms with Gasteiger partial charge in [-0.3, -0.25) is 0 Å². The Morgan fingerprint density at radius 2 is 1.86 bits per heavy atom. The van der Waals surface area contributed by atoms with Crippen molar-refractivity contribution in [3.8, 4) is 5.82 Å². The number of hydrogen-bond donors (Lipinski definition) is 3. The minimum atomic E-state index is -0.244. The summed E-state index contributed by atoms with van der Waals surface area (Å²) in [7, 11) is 0. The highest BCUT2D eigenvalue weighted by molar-refractivity contribution is 5.89. The van der Waals surface area contributed by atoms with E-state index < -0.39 is 0 Å². The van der Waals surface area contributed by atoms with Gasteiger partial charge in [-0.05, 0) is 36.1 Å². The maximum absolute atomic E-state index is 12.1. The van der Waals surface area contributed by atoms with Crippen molar-refractivity contribution in [2.24, 2.45) is 0 Å². The van der Waals surface area contributed by atoms with E-state index in [1.807, 2.05) is 49.5 Å². The van der Waals surface area contributed by atoms with Crippen molar-refractivity contribution in [2.45, 2.75) is 33.1 Å². The fraction of sp³-hybridized carbons (Fsp3) is 0.333. The van der Waals surface area contributed by atoms with Gasteiger partial charge < -0.3 is 16.0 Å². The molecule has 0 radical (unpaired) electrons. The van der Waals surface area contributed by atoms with Crippen LogP contribution in [0.1, 0.15) is 32.2 Å². The first-order chi connectivity index (χ1) is 13.8. The van der Waals surface area contributed by atoms with Crippen LogP contribution in [0.5, 0.6) is 0 Å². The van der Waals surface area contributed by atoms with Crippen molar-refractivity contribution < 1.29 is 4.79 Å². The van der Waals surface area contributed by atoms with Crippen molar-refractivity contribution in [3.05, 3.63) is 60.2 Å². The van der Waals surface area contributed by atoms with Crippen molar-refractivity contribution >= 4 is 17.5 Å². The molecular weight excluding hydrogens is 366 g/mol. The smallest absolute Gasteiger partial charge is 0.319 e. The summed E-state index contributed by atoms with van der Waals surface area (Å²) in [6.45, 7) is 9.29. The van der Waals surface area contributed by atoms with Crippen molar-refractivity contribution in [1.29, 1.82) is 0 Å². The third-order valence-corrected chi connectivity index (χ3v) is 4.29. The largest absolute Gasteiger partial charge is 0.368 e. The van der Waals surface area contributed by atoms with Crippen LogP contribution in [0.15, 0.2) is 48.8 Å². The summed E-state index contributed by atoms with van der Waals surface area (Å²) in [5, 5.41) is 13.0. The van der Waals surface area contributed by atoms with E-state index in [9.17, 15) is 4.79 Å². The van der Waals surface area contributed by atoms with E-state index in [1.165, 1.54) is 5.56 Å². The van der Waals surface area contributed by atoms with Crippen LogP contribution in [0, 0.1) is 6.92 Å². The summed E-state index contributed by atoms with van der Waals surface area (Å²) in [6.07, 6.45) is 3.52. The van der Waals surface area contributed by atoms with Crippen molar-refractivity contribution in [1.82, 2.24) is 25.1 Å². The lowest BCUT2D eigenvalue weighted by atomic mass is 9.87. The fourth-order valence-electron chi connectivity index (χ4n) is 2.76. The highest BCUT2D eigenvalue weighted by atomic mass is 16.2. The van der Waals surface area contributed by atoms with Gasteiger partial charge in [-0.2, -0.15) is 5.10 Å². The third-order valence-electron chi connectivity index (χ3n) is 4.29. The van der Waals surface area contributed by atoms with Crippen LogP contribution in [-0.2, 0) is 5.41 Å². The monoisotopic (exact) mass is 393 g/mol. The average Bonchev–Trinajstić information content (AvgIpc) is 3.19. The Hall–Kier alpha value is -3.42. The van der Waals surface area contributed by atoms with Crippen LogP contribution in [0.25, 0.3) is 5.82 Å². The van der Waals surface area contributed by atoms with Crippen LogP contribution in [0.2, 0.25) is 0 Å². The predicted octanol–water partition coefficient (Wildman–Crippen LogP) is 3.50. The number of benzene rings is 1. The van der Waals surface area contributed by atoms with Crippen LogP contribution >= 0.6 is 0 Å². The second-order valence-corrected chi connectivity index (χ2v) is 7.74. The topological polar surface area (TPSA) is 96.8 Å². The molecule has 0 unspecified atom stereocenters. The summed E-state index contributed by atoms with van der Waals surface area (Å²) >= 11 is 0. The van der Waals surface area contributed by atoms with Gasteiger partial charge in [0.15, 0.2) is 5.82 Å². The first kappa shape index (κ1) is 20.3. The van der Waals surface area contributed by atoms with E-state index >= 15 is 0 Å². The summed E-state index contributed by atoms with van der Waals surface area (Å²) in [6, 6.07) is 11.3. The molecule has 3 N–H and O–H groups in total. The number of carbonyl (C=O) groups excluding carboxylic acids is 1. The Morgan fingerprint density at radius 1 is 1.10 bits per heavy atom. The van der Waals surface area contributed by atoms with Crippen LogP contribution < -0.4 is 16.0 Å². The molecule has 0 bridgehead atoms. The molecule has 3 rings (SSSR count). The standard InChI is InChI=1S/C21H27N7O/c1-15-25-18(14-19(26-15)28-13-5-10-24-28)22-11-12-23-20(29)27-17-8-6-16(7-9-17)21(2,3)4/h5-10,13-14H,11-12H2,1-4H3,(H,22,25,26)(H2,23,27,29). The molecular formula is C21H27N7O. The molecule has 0 aliphatic heterocycles. The molecule has 0 aliphatic rings. The minimum Gasteiger partial charge on any atom is -0.368 e. The van der Waals surface area contributed by atoms with Gasteiger partial charge in [-0.25, -0.2) is 19.4 Å². The number of aryl methyl sites for hydroxylation is 1. The molecule has 0 atom stereocenters. The number of nitrogens with zero attached hydrogens (tertiary/aromatic N) is 4. The van der Waals surface area contributed by atoms with Crippen LogP contribution in [-0.4, -0.2) is 38.9 Å². The molecule has 0 aliphatic carbocycles. The molecule has 8 heteroatoms. The molecule has 0 saturated carbocycles. The summed E-state index contributed by atoms with van der Waals surface area (Å²) in [5.41, 5.74) is 2.07. The van der Waals surface area contributed by atoms with Crippen LogP contribution in [0.4, 0.5) is 16.3 Å². The quantitative estimate of drug-likeness (QED) is 0.557.